The van der Waals surface area contributed by atoms with Crippen LogP contribution in [0.2, 0.25) is 10.0 Å². The van der Waals surface area contributed by atoms with Crippen molar-refractivity contribution in [1.82, 2.24) is 10.2 Å². The zero-order valence-electron chi connectivity index (χ0n) is 10.3. The highest BCUT2D eigenvalue weighted by Crippen LogP contribution is 2.19. The molecule has 0 bridgehead atoms. The van der Waals surface area contributed by atoms with Crippen LogP contribution in [-0.2, 0) is 16.1 Å². The minimum absolute atomic E-state index is 0.0947. The molecule has 104 valence electrons. The molecule has 0 unspecified atom stereocenters. The van der Waals surface area contributed by atoms with E-state index in [4.69, 9.17) is 28.3 Å². The number of aliphatic carboxylic acids is 1. The molecule has 0 aliphatic heterocycles. The van der Waals surface area contributed by atoms with Gasteiger partial charge in [-0.05, 0) is 30.8 Å². The number of halogens is 2. The summed E-state index contributed by atoms with van der Waals surface area (Å²) in [6.45, 7) is 0.202. The van der Waals surface area contributed by atoms with Gasteiger partial charge in [-0.1, -0.05) is 23.2 Å². The van der Waals surface area contributed by atoms with Gasteiger partial charge in [0.15, 0.2) is 0 Å². The zero-order valence-corrected chi connectivity index (χ0v) is 11.8. The molecule has 0 aliphatic carbocycles. The lowest BCUT2D eigenvalue weighted by molar-refractivity contribution is -0.138. The number of nitrogens with zero attached hydrogens (tertiary/aromatic N) is 1. The van der Waals surface area contributed by atoms with E-state index >= 15 is 0 Å². The Morgan fingerprint density at radius 3 is 2.37 bits per heavy atom. The van der Waals surface area contributed by atoms with Crippen molar-refractivity contribution in [2.24, 2.45) is 0 Å². The van der Waals surface area contributed by atoms with E-state index in [1.807, 2.05) is 0 Å². The van der Waals surface area contributed by atoms with E-state index in [-0.39, 0.29) is 19.0 Å². The summed E-state index contributed by atoms with van der Waals surface area (Å²) in [4.78, 5) is 23.4. The van der Waals surface area contributed by atoms with Crippen molar-refractivity contribution >= 4 is 35.1 Å². The van der Waals surface area contributed by atoms with E-state index in [1.165, 1.54) is 0 Å². The van der Waals surface area contributed by atoms with Crippen molar-refractivity contribution < 1.29 is 14.7 Å². The third kappa shape index (κ3) is 6.42. The normalized spacial score (nSPS) is 10.5. The Bertz CT molecular complexity index is 460. The van der Waals surface area contributed by atoms with Gasteiger partial charge in [-0.2, -0.15) is 0 Å². The Morgan fingerprint density at radius 2 is 1.84 bits per heavy atom. The van der Waals surface area contributed by atoms with Gasteiger partial charge in [-0.25, -0.2) is 0 Å². The van der Waals surface area contributed by atoms with Gasteiger partial charge in [-0.15, -0.1) is 0 Å². The molecule has 0 heterocycles. The minimum atomic E-state index is -1.07. The number of carbonyl (C=O) groups is 2. The predicted octanol–water partition coefficient (Wildman–Crippen LogP) is 1.63. The van der Waals surface area contributed by atoms with Gasteiger partial charge >= 0.3 is 5.97 Å². The molecule has 0 atom stereocenters. The average Bonchev–Trinajstić information content (AvgIpc) is 2.24. The van der Waals surface area contributed by atoms with Crippen LogP contribution in [0.5, 0.6) is 0 Å². The fourth-order valence-electron chi connectivity index (χ4n) is 1.55. The summed E-state index contributed by atoms with van der Waals surface area (Å²) in [6.07, 6.45) is 0. The third-order valence-electron chi connectivity index (χ3n) is 2.23. The lowest BCUT2D eigenvalue weighted by atomic mass is 10.2. The third-order valence-corrected chi connectivity index (χ3v) is 2.66. The van der Waals surface area contributed by atoms with E-state index in [9.17, 15) is 9.59 Å². The van der Waals surface area contributed by atoms with Crippen LogP contribution in [0.25, 0.3) is 0 Å². The first-order chi connectivity index (χ1) is 8.86. The van der Waals surface area contributed by atoms with Crippen LogP contribution in [0.4, 0.5) is 0 Å². The van der Waals surface area contributed by atoms with Gasteiger partial charge in [0.1, 0.15) is 6.54 Å². The van der Waals surface area contributed by atoms with Gasteiger partial charge in [0.05, 0.1) is 6.54 Å². The molecule has 2 N–H and O–H groups in total. The molecule has 1 rings (SSSR count). The van der Waals surface area contributed by atoms with Crippen molar-refractivity contribution in [3.05, 3.63) is 33.8 Å². The fourth-order valence-corrected chi connectivity index (χ4v) is 2.12. The summed E-state index contributed by atoms with van der Waals surface area (Å²) in [5, 5.41) is 11.8. The predicted molar refractivity (Wildman–Crippen MR) is 73.4 cm³/mol. The van der Waals surface area contributed by atoms with E-state index in [0.29, 0.717) is 16.6 Å². The second kappa shape index (κ2) is 7.33. The molecule has 5 nitrogen and oxygen atoms in total. The topological polar surface area (TPSA) is 69.6 Å². The maximum absolute atomic E-state index is 11.4. The molecule has 1 aromatic rings. The van der Waals surface area contributed by atoms with Crippen molar-refractivity contribution in [3.63, 3.8) is 0 Å². The molecule has 1 amide bonds. The van der Waals surface area contributed by atoms with Crippen molar-refractivity contribution in [2.45, 2.75) is 6.54 Å². The van der Waals surface area contributed by atoms with E-state index < -0.39 is 5.97 Å². The number of rotatable bonds is 6. The lowest BCUT2D eigenvalue weighted by Gasteiger charge is -2.16. The van der Waals surface area contributed by atoms with Gasteiger partial charge in [0.2, 0.25) is 5.91 Å². The van der Waals surface area contributed by atoms with Gasteiger partial charge < -0.3 is 10.4 Å². The average molecular weight is 305 g/mol. The highest BCUT2D eigenvalue weighted by molar-refractivity contribution is 6.34. The summed E-state index contributed by atoms with van der Waals surface area (Å²) in [5.74, 6) is -1.42. The van der Waals surface area contributed by atoms with E-state index in [0.717, 1.165) is 5.56 Å². The van der Waals surface area contributed by atoms with Crippen LogP contribution in [-0.4, -0.2) is 42.0 Å². The maximum Gasteiger partial charge on any atom is 0.322 e. The number of likely N-dealkylation sites (N-methyl/N-ethyl adjacent to an activating group) is 1. The number of benzene rings is 1. The number of carboxylic acid groups (broad SMARTS) is 1. The minimum Gasteiger partial charge on any atom is -0.480 e. The van der Waals surface area contributed by atoms with Crippen LogP contribution < -0.4 is 5.32 Å². The van der Waals surface area contributed by atoms with Crippen LogP contribution in [0.3, 0.4) is 0 Å². The fraction of sp³-hybridized carbons (Fsp3) is 0.333. The second-order valence-corrected chi connectivity index (χ2v) is 4.99. The molecule has 1 aromatic carbocycles. The first kappa shape index (κ1) is 15.8. The Morgan fingerprint density at radius 1 is 1.26 bits per heavy atom. The summed E-state index contributed by atoms with van der Waals surface area (Å²) < 4.78 is 0. The summed E-state index contributed by atoms with van der Waals surface area (Å²) >= 11 is 11.8. The smallest absolute Gasteiger partial charge is 0.322 e. The molecule has 0 radical (unpaired) electrons. The second-order valence-electron chi connectivity index (χ2n) is 4.12. The molecular formula is C12H14Cl2N2O3. The summed E-state index contributed by atoms with van der Waals surface area (Å²) in [5.41, 5.74) is 0.881. The number of carboxylic acids is 1. The standard InChI is InChI=1S/C12H14Cl2N2O3/c1-16(7-11(17)15-5-12(18)19)6-8-2-9(13)4-10(14)3-8/h2-4H,5-7H2,1H3,(H,15,17)(H,18,19). The quantitative estimate of drug-likeness (QED) is 0.838. The SMILES string of the molecule is CN(CC(=O)NCC(=O)O)Cc1cc(Cl)cc(Cl)c1. The van der Waals surface area contributed by atoms with E-state index in [2.05, 4.69) is 5.32 Å². The van der Waals surface area contributed by atoms with Crippen LogP contribution in [0.1, 0.15) is 5.56 Å². The molecule has 0 saturated carbocycles. The molecule has 0 fully saturated rings. The number of amides is 1. The molecule has 19 heavy (non-hydrogen) atoms. The first-order valence-corrected chi connectivity index (χ1v) is 6.24. The number of hydrogen-bond donors (Lipinski definition) is 2. The van der Waals surface area contributed by atoms with Crippen molar-refractivity contribution in [1.29, 1.82) is 0 Å². The highest BCUT2D eigenvalue weighted by atomic mass is 35.5. The Hall–Kier alpha value is -1.30. The Kier molecular flexibility index (Phi) is 6.08. The number of hydrogen-bond acceptors (Lipinski definition) is 3. The molecule has 0 aromatic heterocycles. The van der Waals surface area contributed by atoms with E-state index in [1.54, 1.807) is 30.1 Å². The highest BCUT2D eigenvalue weighted by Gasteiger charge is 2.09. The Labute approximate surface area is 121 Å². The summed E-state index contributed by atoms with van der Waals surface area (Å²) in [7, 11) is 1.75. The van der Waals surface area contributed by atoms with Crippen LogP contribution >= 0.6 is 23.2 Å². The van der Waals surface area contributed by atoms with Crippen LogP contribution in [0, 0.1) is 0 Å². The number of carbonyl (C=O) groups excluding carboxylic acids is 1. The first-order valence-electron chi connectivity index (χ1n) is 5.49. The summed E-state index contributed by atoms with van der Waals surface area (Å²) in [6, 6.07) is 5.16. The van der Waals surface area contributed by atoms with Crippen molar-refractivity contribution in [3.8, 4) is 0 Å². The molecule has 0 saturated heterocycles. The molecule has 0 aliphatic rings. The Balaban J connectivity index is 2.48. The van der Waals surface area contributed by atoms with Gasteiger partial charge in [-0.3, -0.25) is 14.5 Å². The lowest BCUT2D eigenvalue weighted by Crippen LogP contribution is -2.37. The van der Waals surface area contributed by atoms with Crippen LogP contribution in [0.15, 0.2) is 18.2 Å². The molecule has 7 heteroatoms. The van der Waals surface area contributed by atoms with Gasteiger partial charge in [0.25, 0.3) is 0 Å². The maximum atomic E-state index is 11.4. The molecule has 0 spiro atoms. The van der Waals surface area contributed by atoms with Crippen molar-refractivity contribution in [2.75, 3.05) is 20.1 Å². The zero-order chi connectivity index (χ0) is 14.4. The number of nitrogens with one attached hydrogen (secondary N) is 1. The molecular weight excluding hydrogens is 291 g/mol. The monoisotopic (exact) mass is 304 g/mol. The largest absolute Gasteiger partial charge is 0.480 e. The van der Waals surface area contributed by atoms with Gasteiger partial charge in [0, 0.05) is 16.6 Å².